The Morgan fingerprint density at radius 3 is 2.62 bits per heavy atom. The van der Waals surface area contributed by atoms with E-state index in [0.717, 1.165) is 12.0 Å². The van der Waals surface area contributed by atoms with E-state index < -0.39 is 0 Å². The Morgan fingerprint density at radius 2 is 2.05 bits per heavy atom. The van der Waals surface area contributed by atoms with Crippen molar-refractivity contribution in [1.82, 2.24) is 10.2 Å². The van der Waals surface area contributed by atoms with Gasteiger partial charge in [0.2, 0.25) is 0 Å². The minimum absolute atomic E-state index is 0.515. The summed E-state index contributed by atoms with van der Waals surface area (Å²) < 4.78 is 0. The molecule has 2 aliphatic carbocycles. The predicted molar refractivity (Wildman–Crippen MR) is 91.7 cm³/mol. The van der Waals surface area contributed by atoms with Gasteiger partial charge in [-0.2, -0.15) is 0 Å². The van der Waals surface area contributed by atoms with E-state index in [1.54, 1.807) is 0 Å². The second-order valence-electron chi connectivity index (χ2n) is 7.43. The third kappa shape index (κ3) is 4.08. The van der Waals surface area contributed by atoms with Crippen LogP contribution >= 0.6 is 11.3 Å². The Morgan fingerprint density at radius 1 is 1.29 bits per heavy atom. The largest absolute Gasteiger partial charge is 0.319 e. The number of hydrogen-bond donors (Lipinski definition) is 1. The summed E-state index contributed by atoms with van der Waals surface area (Å²) in [6.07, 6.45) is 8.47. The maximum absolute atomic E-state index is 3.49. The van der Waals surface area contributed by atoms with Crippen molar-refractivity contribution >= 4 is 11.3 Å². The monoisotopic (exact) mass is 306 g/mol. The highest BCUT2D eigenvalue weighted by Crippen LogP contribution is 2.41. The molecule has 0 unspecified atom stereocenters. The van der Waals surface area contributed by atoms with Crippen LogP contribution in [0.4, 0.5) is 0 Å². The van der Waals surface area contributed by atoms with E-state index in [0.29, 0.717) is 5.41 Å². The Kier molecular flexibility index (Phi) is 5.03. The van der Waals surface area contributed by atoms with Crippen LogP contribution in [0.3, 0.4) is 0 Å². The van der Waals surface area contributed by atoms with E-state index in [9.17, 15) is 0 Å². The van der Waals surface area contributed by atoms with Gasteiger partial charge >= 0.3 is 0 Å². The molecule has 0 amide bonds. The fourth-order valence-electron chi connectivity index (χ4n) is 3.93. The molecule has 1 N–H and O–H groups in total. The Hall–Kier alpha value is -0.380. The molecule has 3 heteroatoms. The molecular formula is C18H30N2S. The van der Waals surface area contributed by atoms with Crippen LogP contribution < -0.4 is 5.32 Å². The molecule has 0 aromatic carbocycles. The molecule has 1 aromatic heterocycles. The first-order valence-corrected chi connectivity index (χ1v) is 9.50. The van der Waals surface area contributed by atoms with Crippen LogP contribution in [-0.2, 0) is 6.54 Å². The zero-order valence-corrected chi connectivity index (χ0v) is 14.4. The summed E-state index contributed by atoms with van der Waals surface area (Å²) >= 11 is 1.91. The summed E-state index contributed by atoms with van der Waals surface area (Å²) in [4.78, 5) is 4.32. The number of nitrogens with zero attached hydrogens (tertiary/aromatic N) is 1. The lowest BCUT2D eigenvalue weighted by atomic mass is 9.70. The molecule has 1 aromatic rings. The smallest absolute Gasteiger partial charge is 0.0331 e. The van der Waals surface area contributed by atoms with E-state index in [1.165, 1.54) is 63.0 Å². The van der Waals surface area contributed by atoms with Crippen molar-refractivity contribution in [1.29, 1.82) is 0 Å². The van der Waals surface area contributed by atoms with E-state index in [1.807, 2.05) is 11.3 Å². The van der Waals surface area contributed by atoms with Crippen molar-refractivity contribution in [3.63, 3.8) is 0 Å². The van der Waals surface area contributed by atoms with Crippen molar-refractivity contribution in [2.45, 2.75) is 58.0 Å². The van der Waals surface area contributed by atoms with Gasteiger partial charge in [-0.1, -0.05) is 25.8 Å². The molecule has 3 rings (SSSR count). The molecule has 2 aliphatic rings. The minimum atomic E-state index is 0.515. The standard InChI is InChI=1S/C18H30N2S/c1-15-7-9-18(10-8-15,13-19-2)14-20(16-5-6-16)12-17-4-3-11-21-17/h3-4,11,15-16,19H,5-10,12-14H2,1-2H3. The van der Waals surface area contributed by atoms with Crippen molar-refractivity contribution in [3.8, 4) is 0 Å². The van der Waals surface area contributed by atoms with Crippen molar-refractivity contribution in [2.75, 3.05) is 20.1 Å². The van der Waals surface area contributed by atoms with Crippen LogP contribution in [0, 0.1) is 11.3 Å². The van der Waals surface area contributed by atoms with Gasteiger partial charge in [0.15, 0.2) is 0 Å². The number of nitrogens with one attached hydrogen (secondary N) is 1. The molecule has 2 fully saturated rings. The summed E-state index contributed by atoms with van der Waals surface area (Å²) in [6.45, 7) is 6.08. The first-order chi connectivity index (χ1) is 10.2. The zero-order valence-electron chi connectivity index (χ0n) is 13.6. The molecular weight excluding hydrogens is 276 g/mol. The minimum Gasteiger partial charge on any atom is -0.319 e. The second-order valence-corrected chi connectivity index (χ2v) is 8.46. The van der Waals surface area contributed by atoms with Gasteiger partial charge in [0.05, 0.1) is 0 Å². The summed E-state index contributed by atoms with van der Waals surface area (Å²) in [7, 11) is 2.13. The average Bonchev–Trinajstić information content (AvgIpc) is 3.20. The summed E-state index contributed by atoms with van der Waals surface area (Å²) in [6, 6.07) is 5.35. The van der Waals surface area contributed by atoms with E-state index >= 15 is 0 Å². The molecule has 118 valence electrons. The maximum Gasteiger partial charge on any atom is 0.0331 e. The molecule has 0 spiro atoms. The van der Waals surface area contributed by atoms with Crippen LogP contribution in [-0.4, -0.2) is 31.1 Å². The Labute approximate surface area is 133 Å². The number of rotatable bonds is 7. The predicted octanol–water partition coefficient (Wildman–Crippen LogP) is 4.13. The SMILES string of the molecule is CNCC1(CN(Cc2cccs2)C2CC2)CCC(C)CC1. The molecule has 2 nitrogen and oxygen atoms in total. The van der Waals surface area contributed by atoms with Crippen molar-refractivity contribution in [3.05, 3.63) is 22.4 Å². The second kappa shape index (κ2) is 6.80. The summed E-state index contributed by atoms with van der Waals surface area (Å²) in [5.41, 5.74) is 0.515. The van der Waals surface area contributed by atoms with Crippen LogP contribution in [0.25, 0.3) is 0 Å². The fourth-order valence-corrected chi connectivity index (χ4v) is 4.66. The van der Waals surface area contributed by atoms with Gasteiger partial charge in [0.1, 0.15) is 0 Å². The van der Waals surface area contributed by atoms with Gasteiger partial charge in [-0.25, -0.2) is 0 Å². The fraction of sp³-hybridized carbons (Fsp3) is 0.778. The molecule has 0 atom stereocenters. The number of thiophene rings is 1. The topological polar surface area (TPSA) is 15.3 Å². The first-order valence-electron chi connectivity index (χ1n) is 8.62. The van der Waals surface area contributed by atoms with Gasteiger partial charge in [-0.05, 0) is 55.5 Å². The highest BCUT2D eigenvalue weighted by atomic mass is 32.1. The summed E-state index contributed by atoms with van der Waals surface area (Å²) in [5, 5.41) is 5.71. The molecule has 21 heavy (non-hydrogen) atoms. The maximum atomic E-state index is 3.49. The Bertz CT molecular complexity index is 416. The van der Waals surface area contributed by atoms with Crippen LogP contribution in [0.5, 0.6) is 0 Å². The quantitative estimate of drug-likeness (QED) is 0.815. The third-order valence-corrected chi connectivity index (χ3v) is 6.29. The lowest BCUT2D eigenvalue weighted by Gasteiger charge is -2.43. The van der Waals surface area contributed by atoms with Crippen molar-refractivity contribution < 1.29 is 0 Å². The zero-order chi connectivity index (χ0) is 14.7. The highest BCUT2D eigenvalue weighted by Gasteiger charge is 2.39. The Balaban J connectivity index is 1.67. The molecule has 1 heterocycles. The van der Waals surface area contributed by atoms with Gasteiger partial charge < -0.3 is 5.32 Å². The van der Waals surface area contributed by atoms with E-state index in [-0.39, 0.29) is 0 Å². The molecule has 0 radical (unpaired) electrons. The molecule has 0 bridgehead atoms. The first kappa shape index (κ1) is 15.5. The molecule has 2 saturated carbocycles. The lowest BCUT2D eigenvalue weighted by molar-refractivity contribution is 0.0803. The van der Waals surface area contributed by atoms with Crippen LogP contribution in [0.1, 0.15) is 50.3 Å². The normalized spacial score (nSPS) is 30.0. The lowest BCUT2D eigenvalue weighted by Crippen LogP contribution is -2.46. The van der Waals surface area contributed by atoms with Crippen molar-refractivity contribution in [2.24, 2.45) is 11.3 Å². The summed E-state index contributed by atoms with van der Waals surface area (Å²) in [5.74, 6) is 0.932. The average molecular weight is 307 g/mol. The van der Waals surface area contributed by atoms with Gasteiger partial charge in [-0.15, -0.1) is 11.3 Å². The van der Waals surface area contributed by atoms with Crippen LogP contribution in [0.15, 0.2) is 17.5 Å². The van der Waals surface area contributed by atoms with Gasteiger partial charge in [0, 0.05) is 30.6 Å². The molecule has 0 saturated heterocycles. The van der Waals surface area contributed by atoms with E-state index in [4.69, 9.17) is 0 Å². The van der Waals surface area contributed by atoms with Gasteiger partial charge in [0.25, 0.3) is 0 Å². The van der Waals surface area contributed by atoms with Gasteiger partial charge in [-0.3, -0.25) is 4.90 Å². The van der Waals surface area contributed by atoms with Crippen LogP contribution in [0.2, 0.25) is 0 Å². The third-order valence-electron chi connectivity index (χ3n) is 5.43. The van der Waals surface area contributed by atoms with E-state index in [2.05, 4.69) is 41.7 Å². The molecule has 0 aliphatic heterocycles. The highest BCUT2D eigenvalue weighted by molar-refractivity contribution is 7.09. The number of hydrogen-bond acceptors (Lipinski definition) is 3.